The van der Waals surface area contributed by atoms with Crippen molar-refractivity contribution in [1.29, 1.82) is 0 Å². The molecule has 8 heteroatoms. The smallest absolute Gasteiger partial charge is 0.350 e. The van der Waals surface area contributed by atoms with E-state index in [9.17, 15) is 14.0 Å². The lowest BCUT2D eigenvalue weighted by molar-refractivity contribution is -0.121. The number of halogens is 1. The zero-order chi connectivity index (χ0) is 18.4. The minimum absolute atomic E-state index is 0.118. The van der Waals surface area contributed by atoms with Crippen molar-refractivity contribution in [1.82, 2.24) is 19.5 Å². The van der Waals surface area contributed by atoms with Crippen LogP contribution >= 0.6 is 0 Å². The highest BCUT2D eigenvalue weighted by atomic mass is 19.1. The van der Waals surface area contributed by atoms with E-state index in [-0.39, 0.29) is 24.0 Å². The zero-order valence-electron chi connectivity index (χ0n) is 14.1. The molecule has 0 aliphatic heterocycles. The number of hydrogen-bond donors (Lipinski definition) is 1. The molecule has 1 aromatic carbocycles. The van der Waals surface area contributed by atoms with Gasteiger partial charge in [-0.1, -0.05) is 6.07 Å². The number of amides is 1. The average molecular weight is 358 g/mol. The molecular weight excluding hydrogens is 339 g/mol. The molecule has 3 rings (SSSR count). The predicted octanol–water partition coefficient (Wildman–Crippen LogP) is 1.61. The van der Waals surface area contributed by atoms with Crippen LogP contribution in [0.2, 0.25) is 0 Å². The molecule has 2 heterocycles. The SMILES string of the molecule is O=C(Cn1nc2ccccn2c1=O)NCCCCOc1ccc(F)cc1. The van der Waals surface area contributed by atoms with Crippen LogP contribution in [0.25, 0.3) is 5.65 Å². The van der Waals surface area contributed by atoms with Crippen molar-refractivity contribution in [3.63, 3.8) is 0 Å². The second-order valence-corrected chi connectivity index (χ2v) is 5.73. The Bertz CT molecular complexity index is 934. The van der Waals surface area contributed by atoms with Crippen LogP contribution in [-0.4, -0.2) is 33.2 Å². The number of unbranched alkanes of at least 4 members (excludes halogenated alkanes) is 1. The maximum absolute atomic E-state index is 12.8. The first-order valence-electron chi connectivity index (χ1n) is 8.33. The molecule has 0 atom stereocenters. The Balaban J connectivity index is 1.37. The number of hydrogen-bond acceptors (Lipinski definition) is 4. The molecule has 0 unspecified atom stereocenters. The van der Waals surface area contributed by atoms with Crippen molar-refractivity contribution in [3.8, 4) is 5.75 Å². The van der Waals surface area contributed by atoms with Crippen LogP contribution in [0.15, 0.2) is 53.5 Å². The molecule has 0 radical (unpaired) electrons. The van der Waals surface area contributed by atoms with Gasteiger partial charge in [0.05, 0.1) is 6.61 Å². The van der Waals surface area contributed by atoms with E-state index in [1.807, 2.05) is 0 Å². The molecule has 136 valence electrons. The van der Waals surface area contributed by atoms with E-state index >= 15 is 0 Å². The molecule has 2 aromatic heterocycles. The summed E-state index contributed by atoms with van der Waals surface area (Å²) in [5.74, 6) is 0.0430. The molecule has 3 aromatic rings. The molecular formula is C18H19FN4O3. The number of nitrogens with zero attached hydrogens (tertiary/aromatic N) is 3. The quantitative estimate of drug-likeness (QED) is 0.621. The number of pyridine rings is 1. The molecule has 0 spiro atoms. The molecule has 0 saturated carbocycles. The second kappa shape index (κ2) is 8.28. The van der Waals surface area contributed by atoms with E-state index in [1.54, 1.807) is 36.5 Å². The van der Waals surface area contributed by atoms with Gasteiger partial charge in [-0.3, -0.25) is 9.20 Å². The van der Waals surface area contributed by atoms with Gasteiger partial charge in [-0.2, -0.15) is 0 Å². The zero-order valence-corrected chi connectivity index (χ0v) is 14.1. The minimum Gasteiger partial charge on any atom is -0.494 e. The van der Waals surface area contributed by atoms with E-state index in [4.69, 9.17) is 4.74 Å². The number of carbonyl (C=O) groups is 1. The third-order valence-electron chi connectivity index (χ3n) is 3.76. The van der Waals surface area contributed by atoms with E-state index < -0.39 is 0 Å². The van der Waals surface area contributed by atoms with E-state index in [2.05, 4.69) is 10.4 Å². The van der Waals surface area contributed by atoms with E-state index in [0.717, 1.165) is 17.5 Å². The van der Waals surface area contributed by atoms with Gasteiger partial charge in [0, 0.05) is 12.7 Å². The van der Waals surface area contributed by atoms with Gasteiger partial charge in [0.15, 0.2) is 5.65 Å². The third-order valence-corrected chi connectivity index (χ3v) is 3.76. The van der Waals surface area contributed by atoms with Gasteiger partial charge in [-0.05, 0) is 49.2 Å². The Morgan fingerprint density at radius 1 is 1.15 bits per heavy atom. The second-order valence-electron chi connectivity index (χ2n) is 5.73. The topological polar surface area (TPSA) is 77.6 Å². The van der Waals surface area contributed by atoms with Crippen molar-refractivity contribution in [3.05, 3.63) is 65.0 Å². The monoisotopic (exact) mass is 358 g/mol. The molecule has 0 fully saturated rings. The van der Waals surface area contributed by atoms with Crippen molar-refractivity contribution < 1.29 is 13.9 Å². The fraction of sp³-hybridized carbons (Fsp3) is 0.278. The molecule has 0 saturated heterocycles. The Labute approximate surface area is 149 Å². The normalized spacial score (nSPS) is 10.8. The predicted molar refractivity (Wildman–Crippen MR) is 93.6 cm³/mol. The first-order chi connectivity index (χ1) is 12.6. The van der Waals surface area contributed by atoms with Crippen LogP contribution in [0.1, 0.15) is 12.8 Å². The summed E-state index contributed by atoms with van der Waals surface area (Å²) in [6.45, 7) is 0.841. The fourth-order valence-electron chi connectivity index (χ4n) is 2.44. The standard InChI is InChI=1S/C18H19FN4O3/c19-14-6-8-15(9-7-14)26-12-4-2-10-20-17(24)13-23-18(25)22-11-3-1-5-16(22)21-23/h1,3,5-9,11H,2,4,10,12-13H2,(H,20,24). The van der Waals surface area contributed by atoms with Gasteiger partial charge in [0.25, 0.3) is 0 Å². The van der Waals surface area contributed by atoms with Crippen LogP contribution in [0, 0.1) is 5.82 Å². The number of nitrogens with one attached hydrogen (secondary N) is 1. The van der Waals surface area contributed by atoms with Gasteiger partial charge in [-0.15, -0.1) is 5.10 Å². The minimum atomic E-state index is -0.344. The maximum atomic E-state index is 12.8. The Hall–Kier alpha value is -3.16. The molecule has 7 nitrogen and oxygen atoms in total. The summed E-state index contributed by atoms with van der Waals surface area (Å²) in [6.07, 6.45) is 3.08. The van der Waals surface area contributed by atoms with Gasteiger partial charge < -0.3 is 10.1 Å². The summed E-state index contributed by atoms with van der Waals surface area (Å²) in [4.78, 5) is 24.0. The Morgan fingerprint density at radius 3 is 2.73 bits per heavy atom. The molecule has 1 amide bonds. The van der Waals surface area contributed by atoms with E-state index in [1.165, 1.54) is 16.5 Å². The summed E-state index contributed by atoms with van der Waals surface area (Å²) in [7, 11) is 0. The summed E-state index contributed by atoms with van der Waals surface area (Å²) in [5.41, 5.74) is 0.159. The number of aromatic nitrogens is 3. The molecule has 0 bridgehead atoms. The Kier molecular flexibility index (Phi) is 5.62. The van der Waals surface area contributed by atoms with Crippen LogP contribution in [-0.2, 0) is 11.3 Å². The van der Waals surface area contributed by atoms with Crippen LogP contribution in [0.3, 0.4) is 0 Å². The first kappa shape index (κ1) is 17.7. The highest BCUT2D eigenvalue weighted by molar-refractivity contribution is 5.75. The van der Waals surface area contributed by atoms with Crippen molar-refractivity contribution in [2.75, 3.05) is 13.2 Å². The number of ether oxygens (including phenoxy) is 1. The Morgan fingerprint density at radius 2 is 1.96 bits per heavy atom. The number of rotatable bonds is 8. The van der Waals surface area contributed by atoms with Gasteiger partial charge in [0.1, 0.15) is 18.1 Å². The van der Waals surface area contributed by atoms with Gasteiger partial charge in [-0.25, -0.2) is 13.9 Å². The number of carbonyl (C=O) groups excluding carboxylic acids is 1. The largest absolute Gasteiger partial charge is 0.494 e. The molecule has 0 aliphatic carbocycles. The van der Waals surface area contributed by atoms with Gasteiger partial charge in [0.2, 0.25) is 5.91 Å². The van der Waals surface area contributed by atoms with Crippen LogP contribution in [0.5, 0.6) is 5.75 Å². The summed E-state index contributed by atoms with van der Waals surface area (Å²) in [6, 6.07) is 11.0. The van der Waals surface area contributed by atoms with Gasteiger partial charge >= 0.3 is 5.69 Å². The summed E-state index contributed by atoms with van der Waals surface area (Å²) < 4.78 is 20.8. The van der Waals surface area contributed by atoms with Crippen molar-refractivity contribution >= 4 is 11.6 Å². The highest BCUT2D eigenvalue weighted by Gasteiger charge is 2.09. The molecule has 26 heavy (non-hydrogen) atoms. The van der Waals surface area contributed by atoms with Crippen LogP contribution in [0.4, 0.5) is 4.39 Å². The number of fused-ring (bicyclic) bond motifs is 1. The average Bonchev–Trinajstić information content (AvgIpc) is 2.95. The number of benzene rings is 1. The molecule has 1 N–H and O–H groups in total. The lowest BCUT2D eigenvalue weighted by Gasteiger charge is -2.07. The lowest BCUT2D eigenvalue weighted by atomic mass is 10.3. The first-order valence-corrected chi connectivity index (χ1v) is 8.33. The fourth-order valence-corrected chi connectivity index (χ4v) is 2.44. The van der Waals surface area contributed by atoms with E-state index in [0.29, 0.717) is 24.5 Å². The third kappa shape index (κ3) is 4.47. The summed E-state index contributed by atoms with van der Waals surface area (Å²) >= 11 is 0. The van der Waals surface area contributed by atoms with Crippen LogP contribution < -0.4 is 15.7 Å². The summed E-state index contributed by atoms with van der Waals surface area (Å²) in [5, 5.41) is 6.87. The lowest BCUT2D eigenvalue weighted by Crippen LogP contribution is -2.33. The van der Waals surface area contributed by atoms with Crippen molar-refractivity contribution in [2.45, 2.75) is 19.4 Å². The highest BCUT2D eigenvalue weighted by Crippen LogP contribution is 2.11. The van der Waals surface area contributed by atoms with Crippen molar-refractivity contribution in [2.24, 2.45) is 0 Å². The maximum Gasteiger partial charge on any atom is 0.350 e. The molecule has 0 aliphatic rings.